The molecule has 1 N–H and O–H groups in total. The second kappa shape index (κ2) is 6.91. The van der Waals surface area contributed by atoms with Gasteiger partial charge in [-0.3, -0.25) is 9.88 Å². The molecule has 0 saturated carbocycles. The molecule has 150 valence electrons. The summed E-state index contributed by atoms with van der Waals surface area (Å²) in [5, 5.41) is 20.9. The van der Waals surface area contributed by atoms with Gasteiger partial charge in [0.05, 0.1) is 11.7 Å². The molecule has 2 aliphatic heterocycles. The van der Waals surface area contributed by atoms with Gasteiger partial charge in [0.25, 0.3) is 0 Å². The van der Waals surface area contributed by atoms with E-state index < -0.39 is 6.17 Å². The molecule has 1 aromatic carbocycles. The van der Waals surface area contributed by atoms with Crippen LogP contribution in [0, 0.1) is 0 Å². The Hall–Kier alpha value is -2.80. The molecule has 0 spiro atoms. The Morgan fingerprint density at radius 1 is 1.14 bits per heavy atom. The number of hydrogen-bond acceptors (Lipinski definition) is 6. The van der Waals surface area contributed by atoms with Crippen molar-refractivity contribution in [3.63, 3.8) is 0 Å². The monoisotopic (exact) mass is 393 g/mol. The van der Waals surface area contributed by atoms with Crippen LogP contribution in [0.2, 0.25) is 0 Å². The molecule has 0 unspecified atom stereocenters. The van der Waals surface area contributed by atoms with Crippen LogP contribution in [0.4, 0.5) is 10.2 Å². The summed E-state index contributed by atoms with van der Waals surface area (Å²) in [5.41, 5.74) is 1.18. The number of anilines is 1. The van der Waals surface area contributed by atoms with Gasteiger partial charge >= 0.3 is 0 Å². The first-order chi connectivity index (χ1) is 14.0. The first-order valence-electron chi connectivity index (χ1n) is 10.0. The normalized spacial score (nSPS) is 26.7. The summed E-state index contributed by atoms with van der Waals surface area (Å²) in [7, 11) is 3.93. The van der Waals surface area contributed by atoms with E-state index in [1.807, 2.05) is 43.3 Å². The number of pyridine rings is 1. The summed E-state index contributed by atoms with van der Waals surface area (Å²) in [6.45, 7) is 0. The maximum atomic E-state index is 15.1. The molecule has 2 aromatic heterocycles. The van der Waals surface area contributed by atoms with Crippen molar-refractivity contribution in [1.82, 2.24) is 20.1 Å². The molecule has 2 bridgehead atoms. The first-order valence-corrected chi connectivity index (χ1v) is 10.0. The fourth-order valence-corrected chi connectivity index (χ4v) is 4.90. The Balaban J connectivity index is 1.41. The van der Waals surface area contributed by atoms with Crippen molar-refractivity contribution >= 4 is 16.6 Å². The van der Waals surface area contributed by atoms with Crippen LogP contribution in [0.25, 0.3) is 22.0 Å². The minimum atomic E-state index is -0.901. The van der Waals surface area contributed by atoms with Gasteiger partial charge in [0, 0.05) is 42.5 Å². The van der Waals surface area contributed by atoms with Crippen molar-refractivity contribution in [1.29, 1.82) is 0 Å². The average molecular weight is 393 g/mol. The van der Waals surface area contributed by atoms with Gasteiger partial charge in [0.1, 0.15) is 11.9 Å². The van der Waals surface area contributed by atoms with Gasteiger partial charge in [-0.1, -0.05) is 0 Å². The van der Waals surface area contributed by atoms with E-state index in [-0.39, 0.29) is 17.8 Å². The molecule has 29 heavy (non-hydrogen) atoms. The number of alkyl halides is 1. The van der Waals surface area contributed by atoms with Gasteiger partial charge in [0.2, 0.25) is 0 Å². The molecule has 2 fully saturated rings. The van der Waals surface area contributed by atoms with E-state index in [2.05, 4.69) is 20.1 Å². The lowest BCUT2D eigenvalue weighted by atomic mass is 9.95. The number of nitrogens with zero attached hydrogens (tertiary/aromatic N) is 5. The van der Waals surface area contributed by atoms with Crippen LogP contribution in [0.5, 0.6) is 5.75 Å². The maximum absolute atomic E-state index is 15.1. The number of phenolic OH excluding ortho intramolecular Hbond substituents is 1. The van der Waals surface area contributed by atoms with E-state index in [1.165, 1.54) is 0 Å². The standard InChI is InChI=1S/C22H24FN5O/c1-27-15-3-5-18(27)22(23)19(11-15)28(2)21-6-4-17(25-26-21)16-9-14-12-24-8-7-13(14)10-20(16)29/h4,6-10,12,15,18-19,22,29H,3,5,11H2,1-2H3/t15-,18+,19-,22+/m1/s1. The van der Waals surface area contributed by atoms with Crippen LogP contribution in [0.1, 0.15) is 19.3 Å². The van der Waals surface area contributed by atoms with Gasteiger partial charge < -0.3 is 10.0 Å². The molecular weight excluding hydrogens is 369 g/mol. The smallest absolute Gasteiger partial charge is 0.151 e. The molecule has 0 amide bonds. The van der Waals surface area contributed by atoms with Crippen molar-refractivity contribution in [2.45, 2.75) is 43.6 Å². The summed E-state index contributed by atoms with van der Waals surface area (Å²) in [5.74, 6) is 0.794. The van der Waals surface area contributed by atoms with Crippen LogP contribution < -0.4 is 4.90 Å². The van der Waals surface area contributed by atoms with Crippen LogP contribution in [0.15, 0.2) is 42.7 Å². The first kappa shape index (κ1) is 18.2. The van der Waals surface area contributed by atoms with Crippen molar-refractivity contribution in [2.24, 2.45) is 0 Å². The highest BCUT2D eigenvalue weighted by Crippen LogP contribution is 2.39. The molecule has 4 heterocycles. The highest BCUT2D eigenvalue weighted by Gasteiger charge is 2.47. The number of fused-ring (bicyclic) bond motifs is 3. The number of rotatable bonds is 3. The topological polar surface area (TPSA) is 65.4 Å². The molecule has 0 aliphatic carbocycles. The second-order valence-corrected chi connectivity index (χ2v) is 8.19. The lowest BCUT2D eigenvalue weighted by Gasteiger charge is -2.43. The van der Waals surface area contributed by atoms with Gasteiger partial charge in [-0.25, -0.2) is 4.39 Å². The Labute approximate surface area is 169 Å². The van der Waals surface area contributed by atoms with E-state index in [0.717, 1.165) is 30.0 Å². The largest absolute Gasteiger partial charge is 0.507 e. The molecule has 3 aromatic rings. The van der Waals surface area contributed by atoms with Crippen LogP contribution in [0.3, 0.4) is 0 Å². The number of piperidine rings is 1. The fourth-order valence-electron chi connectivity index (χ4n) is 4.90. The number of aromatic hydroxyl groups is 1. The third-order valence-electron chi connectivity index (χ3n) is 6.68. The molecule has 2 aliphatic rings. The Kier molecular flexibility index (Phi) is 4.35. The molecule has 6 nitrogen and oxygen atoms in total. The number of benzene rings is 1. The quantitative estimate of drug-likeness (QED) is 0.736. The maximum Gasteiger partial charge on any atom is 0.151 e. The van der Waals surface area contributed by atoms with Crippen molar-refractivity contribution in [3.05, 3.63) is 42.7 Å². The third-order valence-corrected chi connectivity index (χ3v) is 6.68. The highest BCUT2D eigenvalue weighted by molar-refractivity contribution is 5.89. The molecule has 4 atom stereocenters. The molecular formula is C22H24FN5O. The van der Waals surface area contributed by atoms with E-state index in [4.69, 9.17) is 0 Å². The van der Waals surface area contributed by atoms with Gasteiger partial charge in [0.15, 0.2) is 5.82 Å². The number of halogens is 1. The number of phenols is 1. The Morgan fingerprint density at radius 2 is 2.00 bits per heavy atom. The molecule has 7 heteroatoms. The molecule has 5 rings (SSSR count). The number of aromatic nitrogens is 3. The molecule has 0 radical (unpaired) electrons. The second-order valence-electron chi connectivity index (χ2n) is 8.19. The summed E-state index contributed by atoms with van der Waals surface area (Å²) in [6.07, 6.45) is 5.33. The van der Waals surface area contributed by atoms with Crippen LogP contribution >= 0.6 is 0 Å². The van der Waals surface area contributed by atoms with Crippen LogP contribution in [-0.4, -0.2) is 63.6 Å². The molecule has 2 saturated heterocycles. The lowest BCUT2D eigenvalue weighted by Crippen LogP contribution is -2.56. The summed E-state index contributed by atoms with van der Waals surface area (Å²) in [4.78, 5) is 8.25. The van der Waals surface area contributed by atoms with Crippen molar-refractivity contribution in [3.8, 4) is 17.0 Å². The zero-order valence-electron chi connectivity index (χ0n) is 16.5. The average Bonchev–Trinajstić information content (AvgIpc) is 3.00. The van der Waals surface area contributed by atoms with Crippen LogP contribution in [-0.2, 0) is 0 Å². The van der Waals surface area contributed by atoms with E-state index in [0.29, 0.717) is 23.1 Å². The Morgan fingerprint density at radius 3 is 2.79 bits per heavy atom. The van der Waals surface area contributed by atoms with Gasteiger partial charge in [-0.05, 0) is 62.0 Å². The zero-order valence-corrected chi connectivity index (χ0v) is 16.5. The predicted octanol–water partition coefficient (Wildman–Crippen LogP) is 3.41. The van der Waals surface area contributed by atoms with Gasteiger partial charge in [-0.15, -0.1) is 10.2 Å². The minimum Gasteiger partial charge on any atom is -0.507 e. The lowest BCUT2D eigenvalue weighted by molar-refractivity contribution is 0.0701. The zero-order chi connectivity index (χ0) is 20.1. The SMILES string of the molecule is CN(c1ccc(-c2cc3cnccc3cc2O)nn1)[C@@H]1C[C@H]2CC[C@@H]([C@@H]1F)N2C. The predicted molar refractivity (Wildman–Crippen MR) is 111 cm³/mol. The van der Waals surface area contributed by atoms with Crippen molar-refractivity contribution < 1.29 is 9.50 Å². The summed E-state index contributed by atoms with van der Waals surface area (Å²) < 4.78 is 15.1. The van der Waals surface area contributed by atoms with Crippen molar-refractivity contribution in [2.75, 3.05) is 19.0 Å². The Bertz CT molecular complexity index is 1040. The van der Waals surface area contributed by atoms with Gasteiger partial charge in [-0.2, -0.15) is 0 Å². The fraction of sp³-hybridized carbons (Fsp3) is 0.409. The van der Waals surface area contributed by atoms with E-state index in [9.17, 15) is 5.11 Å². The summed E-state index contributed by atoms with van der Waals surface area (Å²) >= 11 is 0. The highest BCUT2D eigenvalue weighted by atomic mass is 19.1. The third kappa shape index (κ3) is 3.00. The minimum absolute atomic E-state index is 0.00316. The summed E-state index contributed by atoms with van der Waals surface area (Å²) in [6, 6.07) is 9.34. The number of hydrogen-bond donors (Lipinski definition) is 1. The van der Waals surface area contributed by atoms with E-state index >= 15 is 4.39 Å². The van der Waals surface area contributed by atoms with E-state index in [1.54, 1.807) is 18.5 Å².